The van der Waals surface area contributed by atoms with Crippen molar-refractivity contribution in [2.75, 3.05) is 0 Å². The van der Waals surface area contributed by atoms with Crippen LogP contribution in [0.5, 0.6) is 0 Å². The van der Waals surface area contributed by atoms with Crippen LogP contribution in [0.4, 0.5) is 0 Å². The lowest BCUT2D eigenvalue weighted by atomic mass is 9.95. The Labute approximate surface area is 114 Å². The fourth-order valence-electron chi connectivity index (χ4n) is 4.21. The van der Waals surface area contributed by atoms with Crippen LogP contribution in [0.3, 0.4) is 0 Å². The number of hydrogen-bond acceptors (Lipinski definition) is 1. The summed E-state index contributed by atoms with van der Waals surface area (Å²) in [5, 5.41) is 3.96. The fourth-order valence-corrected chi connectivity index (χ4v) is 4.21. The van der Waals surface area contributed by atoms with E-state index in [1.807, 2.05) is 0 Å². The molecular weight excluding hydrogens is 218 g/mol. The van der Waals surface area contributed by atoms with E-state index in [-0.39, 0.29) is 0 Å². The molecule has 0 aromatic rings. The van der Waals surface area contributed by atoms with Crippen molar-refractivity contribution in [1.29, 1.82) is 0 Å². The maximum atomic E-state index is 3.96. The highest BCUT2D eigenvalue weighted by atomic mass is 15.0. The van der Waals surface area contributed by atoms with E-state index >= 15 is 0 Å². The predicted octanol–water partition coefficient (Wildman–Crippen LogP) is 4.90. The van der Waals surface area contributed by atoms with Crippen molar-refractivity contribution in [3.8, 4) is 0 Å². The molecule has 0 aliphatic heterocycles. The second kappa shape index (κ2) is 7.53. The molecule has 0 spiro atoms. The first-order chi connectivity index (χ1) is 8.79. The number of hydrogen-bond donors (Lipinski definition) is 1. The molecule has 0 saturated heterocycles. The summed E-state index contributed by atoms with van der Waals surface area (Å²) in [5.74, 6) is 2.00. The number of nitrogens with one attached hydrogen (secondary N) is 1. The smallest absolute Gasteiger partial charge is 0.00697 e. The second-order valence-corrected chi connectivity index (χ2v) is 6.86. The maximum Gasteiger partial charge on any atom is 0.00697 e. The Balaban J connectivity index is 1.72. The van der Waals surface area contributed by atoms with Crippen molar-refractivity contribution in [3.05, 3.63) is 0 Å². The molecule has 0 aromatic heterocycles. The van der Waals surface area contributed by atoms with E-state index < -0.39 is 0 Å². The van der Waals surface area contributed by atoms with Gasteiger partial charge in [0, 0.05) is 12.1 Å². The topological polar surface area (TPSA) is 12.0 Å². The van der Waals surface area contributed by atoms with Crippen LogP contribution in [0.25, 0.3) is 0 Å². The van der Waals surface area contributed by atoms with Gasteiger partial charge >= 0.3 is 0 Å². The zero-order chi connectivity index (χ0) is 12.8. The molecule has 0 aromatic carbocycles. The van der Waals surface area contributed by atoms with Crippen LogP contribution in [0.1, 0.15) is 84.5 Å². The molecule has 2 rings (SSSR count). The molecule has 18 heavy (non-hydrogen) atoms. The van der Waals surface area contributed by atoms with E-state index in [9.17, 15) is 0 Å². The van der Waals surface area contributed by atoms with E-state index in [2.05, 4.69) is 19.2 Å². The largest absolute Gasteiger partial charge is 0.311 e. The van der Waals surface area contributed by atoms with Gasteiger partial charge < -0.3 is 5.32 Å². The lowest BCUT2D eigenvalue weighted by Crippen LogP contribution is -2.40. The van der Waals surface area contributed by atoms with Gasteiger partial charge in [-0.15, -0.1) is 0 Å². The molecule has 2 unspecified atom stereocenters. The summed E-state index contributed by atoms with van der Waals surface area (Å²) >= 11 is 0. The summed E-state index contributed by atoms with van der Waals surface area (Å²) in [4.78, 5) is 0. The molecular formula is C17H33N. The first-order valence-electron chi connectivity index (χ1n) is 8.55. The fraction of sp³-hybridized carbons (Fsp3) is 1.00. The second-order valence-electron chi connectivity index (χ2n) is 6.86. The minimum absolute atomic E-state index is 0.764. The molecule has 0 heterocycles. The van der Waals surface area contributed by atoms with Crippen molar-refractivity contribution < 1.29 is 0 Å². The van der Waals surface area contributed by atoms with Crippen molar-refractivity contribution >= 4 is 0 Å². The first kappa shape index (κ1) is 14.4. The van der Waals surface area contributed by atoms with Crippen LogP contribution in [0, 0.1) is 11.8 Å². The molecule has 0 bridgehead atoms. The van der Waals surface area contributed by atoms with Gasteiger partial charge in [0.25, 0.3) is 0 Å². The van der Waals surface area contributed by atoms with Crippen molar-refractivity contribution in [3.63, 3.8) is 0 Å². The van der Waals surface area contributed by atoms with Gasteiger partial charge in [-0.05, 0) is 50.9 Å². The summed E-state index contributed by atoms with van der Waals surface area (Å²) < 4.78 is 0. The summed E-state index contributed by atoms with van der Waals surface area (Å²) in [6.45, 7) is 4.77. The van der Waals surface area contributed by atoms with Crippen LogP contribution in [0.2, 0.25) is 0 Å². The average molecular weight is 251 g/mol. The van der Waals surface area contributed by atoms with E-state index in [0.717, 1.165) is 23.9 Å². The molecule has 2 saturated carbocycles. The van der Waals surface area contributed by atoms with E-state index in [4.69, 9.17) is 0 Å². The molecule has 0 amide bonds. The minimum Gasteiger partial charge on any atom is -0.311 e. The van der Waals surface area contributed by atoms with Crippen LogP contribution in [0.15, 0.2) is 0 Å². The minimum atomic E-state index is 0.764. The van der Waals surface area contributed by atoms with Crippen LogP contribution in [-0.2, 0) is 0 Å². The monoisotopic (exact) mass is 251 g/mol. The lowest BCUT2D eigenvalue weighted by Gasteiger charge is -2.26. The molecule has 2 aliphatic rings. The van der Waals surface area contributed by atoms with Gasteiger partial charge in [0.2, 0.25) is 0 Å². The Bertz CT molecular complexity index is 220. The molecule has 3 atom stereocenters. The van der Waals surface area contributed by atoms with Gasteiger partial charge in [-0.1, -0.05) is 45.4 Å². The first-order valence-corrected chi connectivity index (χ1v) is 8.55. The van der Waals surface area contributed by atoms with Crippen LogP contribution in [-0.4, -0.2) is 12.1 Å². The Morgan fingerprint density at radius 3 is 2.44 bits per heavy atom. The zero-order valence-corrected chi connectivity index (χ0v) is 12.6. The molecule has 2 aliphatic carbocycles. The normalized spacial score (nSPS) is 32.3. The molecule has 1 heteroatoms. The third-order valence-corrected chi connectivity index (χ3v) is 5.39. The summed E-state index contributed by atoms with van der Waals surface area (Å²) in [5.41, 5.74) is 0. The van der Waals surface area contributed by atoms with Gasteiger partial charge in [-0.2, -0.15) is 0 Å². The Kier molecular flexibility index (Phi) is 6.01. The van der Waals surface area contributed by atoms with Crippen LogP contribution >= 0.6 is 0 Å². The van der Waals surface area contributed by atoms with Crippen molar-refractivity contribution in [1.82, 2.24) is 5.32 Å². The molecule has 106 valence electrons. The zero-order valence-electron chi connectivity index (χ0n) is 12.6. The third-order valence-electron chi connectivity index (χ3n) is 5.39. The highest BCUT2D eigenvalue weighted by Crippen LogP contribution is 2.30. The highest BCUT2D eigenvalue weighted by Gasteiger charge is 2.25. The maximum absolute atomic E-state index is 3.96. The average Bonchev–Trinajstić information content (AvgIpc) is 2.81. The SMILES string of the molecule is CCCC1CCCC(N[C@@H](C)C2CCCC2)CC1. The predicted molar refractivity (Wildman–Crippen MR) is 79.8 cm³/mol. The van der Waals surface area contributed by atoms with E-state index in [0.29, 0.717) is 0 Å². The lowest BCUT2D eigenvalue weighted by molar-refractivity contribution is 0.320. The standard InChI is InChI=1S/C17H33N/c1-3-7-15-8-6-11-17(13-12-15)18-14(2)16-9-4-5-10-16/h14-18H,3-13H2,1-2H3/t14-,15?,17?/m0/s1. The molecule has 2 fully saturated rings. The Morgan fingerprint density at radius 2 is 1.72 bits per heavy atom. The van der Waals surface area contributed by atoms with E-state index in [1.54, 1.807) is 0 Å². The highest BCUT2D eigenvalue weighted by molar-refractivity contribution is 4.82. The van der Waals surface area contributed by atoms with Crippen molar-refractivity contribution in [2.45, 2.75) is 96.6 Å². The summed E-state index contributed by atoms with van der Waals surface area (Å²) in [7, 11) is 0. The Hall–Kier alpha value is -0.0400. The quantitative estimate of drug-likeness (QED) is 0.685. The number of rotatable bonds is 5. The van der Waals surface area contributed by atoms with E-state index in [1.165, 1.54) is 70.6 Å². The molecule has 1 N–H and O–H groups in total. The van der Waals surface area contributed by atoms with Gasteiger partial charge in [0.05, 0.1) is 0 Å². The van der Waals surface area contributed by atoms with Crippen LogP contribution < -0.4 is 5.32 Å². The molecule has 1 nitrogen and oxygen atoms in total. The Morgan fingerprint density at radius 1 is 0.944 bits per heavy atom. The van der Waals surface area contributed by atoms with Gasteiger partial charge in [0.1, 0.15) is 0 Å². The van der Waals surface area contributed by atoms with Crippen molar-refractivity contribution in [2.24, 2.45) is 11.8 Å². The molecule has 0 radical (unpaired) electrons. The van der Waals surface area contributed by atoms with Gasteiger partial charge in [-0.3, -0.25) is 0 Å². The van der Waals surface area contributed by atoms with Gasteiger partial charge in [0.15, 0.2) is 0 Å². The summed E-state index contributed by atoms with van der Waals surface area (Å²) in [6, 6.07) is 1.59. The van der Waals surface area contributed by atoms with Gasteiger partial charge in [-0.25, -0.2) is 0 Å². The summed E-state index contributed by atoms with van der Waals surface area (Å²) in [6.07, 6.45) is 16.0. The third kappa shape index (κ3) is 4.26.